The minimum atomic E-state index is -1.65. The molecule has 1 aromatic carbocycles. The molecule has 1 aromatic rings. The number of hydrogen-bond donors (Lipinski definition) is 0. The monoisotopic (exact) mass is 225 g/mol. The van der Waals surface area contributed by atoms with Crippen molar-refractivity contribution in [1.29, 1.82) is 0 Å². The Bertz CT molecular complexity index is 321. The van der Waals surface area contributed by atoms with E-state index in [0.717, 1.165) is 13.1 Å². The predicted octanol–water partition coefficient (Wildman–Crippen LogP) is 2.58. The van der Waals surface area contributed by atoms with E-state index in [9.17, 15) is 4.39 Å². The van der Waals surface area contributed by atoms with Crippen LogP contribution in [0.15, 0.2) is 24.3 Å². The van der Waals surface area contributed by atoms with E-state index in [2.05, 4.69) is 31.5 Å². The number of halogens is 1. The highest BCUT2D eigenvalue weighted by Crippen LogP contribution is 2.10. The topological polar surface area (TPSA) is 3.24 Å². The third kappa shape index (κ3) is 2.67. The van der Waals surface area contributed by atoms with Crippen LogP contribution >= 0.6 is 0 Å². The summed E-state index contributed by atoms with van der Waals surface area (Å²) in [5.74, 6) is -0.125. The lowest BCUT2D eigenvalue weighted by Gasteiger charge is -2.35. The summed E-state index contributed by atoms with van der Waals surface area (Å²) in [6.45, 7) is 10.9. The maximum Gasteiger partial charge on any atom is 0.154 e. The number of benzene rings is 1. The highest BCUT2D eigenvalue weighted by atomic mass is 28.3. The average Bonchev–Trinajstić information content (AvgIpc) is 2.19. The highest BCUT2D eigenvalue weighted by Gasteiger charge is 2.29. The van der Waals surface area contributed by atoms with Crippen molar-refractivity contribution in [3.63, 3.8) is 0 Å². The number of rotatable bonds is 4. The van der Waals surface area contributed by atoms with Crippen LogP contribution < -0.4 is 5.19 Å². The Morgan fingerprint density at radius 3 is 2.27 bits per heavy atom. The van der Waals surface area contributed by atoms with Crippen LogP contribution in [0, 0.1) is 5.82 Å². The SMILES string of the molecule is CCN(CC)[Si](C)(C)c1cccc(F)c1. The second-order valence-electron chi connectivity index (χ2n) is 4.24. The van der Waals surface area contributed by atoms with E-state index >= 15 is 0 Å². The first-order valence-electron chi connectivity index (χ1n) is 5.53. The Kier molecular flexibility index (Phi) is 4.05. The molecule has 0 aliphatic rings. The van der Waals surface area contributed by atoms with Gasteiger partial charge in [0.15, 0.2) is 8.24 Å². The van der Waals surface area contributed by atoms with Gasteiger partial charge in [-0.2, -0.15) is 0 Å². The van der Waals surface area contributed by atoms with E-state index < -0.39 is 8.24 Å². The fourth-order valence-corrected chi connectivity index (χ4v) is 5.01. The summed E-state index contributed by atoms with van der Waals surface area (Å²) >= 11 is 0. The zero-order valence-electron chi connectivity index (χ0n) is 10.0. The minimum Gasteiger partial charge on any atom is -0.321 e. The predicted molar refractivity (Wildman–Crippen MR) is 66.4 cm³/mol. The molecule has 0 fully saturated rings. The second kappa shape index (κ2) is 4.90. The molecule has 0 heterocycles. The zero-order valence-corrected chi connectivity index (χ0v) is 11.0. The molecule has 0 aliphatic heterocycles. The maximum atomic E-state index is 13.2. The Morgan fingerprint density at radius 2 is 1.80 bits per heavy atom. The summed E-state index contributed by atoms with van der Waals surface area (Å²) in [5.41, 5.74) is 0. The fraction of sp³-hybridized carbons (Fsp3) is 0.500. The summed E-state index contributed by atoms with van der Waals surface area (Å²) in [7, 11) is -1.65. The zero-order chi connectivity index (χ0) is 11.5. The first kappa shape index (κ1) is 12.4. The first-order chi connectivity index (χ1) is 7.02. The van der Waals surface area contributed by atoms with Crippen molar-refractivity contribution in [2.75, 3.05) is 13.1 Å². The molecule has 0 unspecified atom stereocenters. The van der Waals surface area contributed by atoms with Gasteiger partial charge < -0.3 is 4.57 Å². The molecule has 0 amide bonds. The molecular formula is C12H20FNSi. The van der Waals surface area contributed by atoms with Crippen molar-refractivity contribution < 1.29 is 4.39 Å². The van der Waals surface area contributed by atoms with Gasteiger partial charge in [0, 0.05) is 0 Å². The van der Waals surface area contributed by atoms with Gasteiger partial charge in [-0.3, -0.25) is 0 Å². The summed E-state index contributed by atoms with van der Waals surface area (Å²) in [4.78, 5) is 0. The van der Waals surface area contributed by atoms with Crippen LogP contribution in [0.25, 0.3) is 0 Å². The van der Waals surface area contributed by atoms with Gasteiger partial charge in [-0.25, -0.2) is 4.39 Å². The minimum absolute atomic E-state index is 0.125. The molecule has 0 saturated carbocycles. The normalized spacial score (nSPS) is 12.1. The molecule has 84 valence electrons. The molecule has 0 saturated heterocycles. The smallest absolute Gasteiger partial charge is 0.154 e. The lowest BCUT2D eigenvalue weighted by atomic mass is 10.3. The standard InChI is InChI=1S/C12H20FNSi/c1-5-14(6-2)15(3,4)12-9-7-8-11(13)10-12/h7-10H,5-6H2,1-4H3. The lowest BCUT2D eigenvalue weighted by Crippen LogP contribution is -2.57. The molecule has 0 spiro atoms. The van der Waals surface area contributed by atoms with Crippen LogP contribution in [-0.2, 0) is 0 Å². The van der Waals surface area contributed by atoms with Gasteiger partial charge in [0.2, 0.25) is 0 Å². The third-order valence-corrected chi connectivity index (χ3v) is 7.02. The summed E-state index contributed by atoms with van der Waals surface area (Å²) in [5, 5.41) is 1.17. The molecule has 1 nitrogen and oxygen atoms in total. The molecule has 3 heteroatoms. The number of nitrogens with zero attached hydrogens (tertiary/aromatic N) is 1. The Labute approximate surface area is 93.0 Å². The molecule has 0 aliphatic carbocycles. The summed E-state index contributed by atoms with van der Waals surface area (Å²) in [6, 6.07) is 7.05. The van der Waals surface area contributed by atoms with Crippen LogP contribution in [-0.4, -0.2) is 25.9 Å². The largest absolute Gasteiger partial charge is 0.321 e. The van der Waals surface area contributed by atoms with Gasteiger partial charge in [-0.05, 0) is 30.4 Å². The van der Waals surface area contributed by atoms with E-state index in [0.29, 0.717) is 0 Å². The van der Waals surface area contributed by atoms with E-state index in [1.807, 2.05) is 12.1 Å². The van der Waals surface area contributed by atoms with Crippen molar-refractivity contribution in [3.8, 4) is 0 Å². The van der Waals surface area contributed by atoms with Crippen LogP contribution in [0.4, 0.5) is 4.39 Å². The Morgan fingerprint density at radius 1 is 1.20 bits per heavy atom. The van der Waals surface area contributed by atoms with E-state index in [4.69, 9.17) is 0 Å². The van der Waals surface area contributed by atoms with E-state index in [1.54, 1.807) is 6.07 Å². The van der Waals surface area contributed by atoms with Gasteiger partial charge >= 0.3 is 0 Å². The fourth-order valence-electron chi connectivity index (χ4n) is 2.07. The molecule has 0 N–H and O–H groups in total. The highest BCUT2D eigenvalue weighted by molar-refractivity contribution is 6.87. The molecule has 0 radical (unpaired) electrons. The van der Waals surface area contributed by atoms with Gasteiger partial charge in [0.05, 0.1) is 0 Å². The van der Waals surface area contributed by atoms with Crippen molar-refractivity contribution in [2.24, 2.45) is 0 Å². The van der Waals surface area contributed by atoms with Gasteiger partial charge in [0.1, 0.15) is 5.82 Å². The Hall–Kier alpha value is -0.673. The molecule has 0 atom stereocenters. The van der Waals surface area contributed by atoms with Gasteiger partial charge in [0.25, 0.3) is 0 Å². The van der Waals surface area contributed by atoms with E-state index in [1.165, 1.54) is 11.3 Å². The Balaban J connectivity index is 3.03. The van der Waals surface area contributed by atoms with Crippen molar-refractivity contribution in [1.82, 2.24) is 4.57 Å². The van der Waals surface area contributed by atoms with E-state index in [-0.39, 0.29) is 5.82 Å². The van der Waals surface area contributed by atoms with Crippen LogP contribution in [0.1, 0.15) is 13.8 Å². The van der Waals surface area contributed by atoms with Crippen molar-refractivity contribution >= 4 is 13.4 Å². The van der Waals surface area contributed by atoms with Crippen LogP contribution in [0.5, 0.6) is 0 Å². The summed E-state index contributed by atoms with van der Waals surface area (Å²) < 4.78 is 15.6. The van der Waals surface area contributed by atoms with Crippen LogP contribution in [0.3, 0.4) is 0 Å². The maximum absolute atomic E-state index is 13.2. The molecule has 0 aromatic heterocycles. The lowest BCUT2D eigenvalue weighted by molar-refractivity contribution is 0.474. The van der Waals surface area contributed by atoms with Gasteiger partial charge in [-0.1, -0.05) is 39.1 Å². The molecule has 0 bridgehead atoms. The van der Waals surface area contributed by atoms with Crippen molar-refractivity contribution in [2.45, 2.75) is 26.9 Å². The first-order valence-corrected chi connectivity index (χ1v) is 8.48. The molecule has 1 rings (SSSR count). The quantitative estimate of drug-likeness (QED) is 0.712. The van der Waals surface area contributed by atoms with Crippen molar-refractivity contribution in [3.05, 3.63) is 30.1 Å². The molecular weight excluding hydrogens is 205 g/mol. The number of hydrogen-bond acceptors (Lipinski definition) is 1. The summed E-state index contributed by atoms with van der Waals surface area (Å²) in [6.07, 6.45) is 0. The second-order valence-corrected chi connectivity index (χ2v) is 8.57. The van der Waals surface area contributed by atoms with Crippen LogP contribution in [0.2, 0.25) is 13.1 Å². The third-order valence-electron chi connectivity index (χ3n) is 3.09. The van der Waals surface area contributed by atoms with Gasteiger partial charge in [-0.15, -0.1) is 0 Å². The average molecular weight is 225 g/mol. The molecule has 15 heavy (non-hydrogen) atoms.